The number of fused-ring (bicyclic) bond motifs is 4. The van der Waals surface area contributed by atoms with Gasteiger partial charge in [-0.2, -0.15) is 0 Å². The minimum absolute atomic E-state index is 0.414. The maximum atomic E-state index is 11.1. The van der Waals surface area contributed by atoms with Crippen molar-refractivity contribution < 1.29 is 9.84 Å². The van der Waals surface area contributed by atoms with E-state index in [9.17, 15) is 5.11 Å². The van der Waals surface area contributed by atoms with Crippen molar-refractivity contribution in [2.24, 2.45) is 23.2 Å². The molecule has 0 aromatic rings. The first kappa shape index (κ1) is 15.2. The number of rotatable bonds is 2. The summed E-state index contributed by atoms with van der Waals surface area (Å²) in [5, 5.41) is 11.1. The number of hydrogen-bond acceptors (Lipinski definition) is 2. The molecule has 4 aliphatic rings. The lowest BCUT2D eigenvalue weighted by atomic mass is 9.54. The van der Waals surface area contributed by atoms with Crippen LogP contribution >= 0.6 is 0 Å². The van der Waals surface area contributed by atoms with Crippen LogP contribution in [0.4, 0.5) is 0 Å². The van der Waals surface area contributed by atoms with E-state index in [0.717, 1.165) is 37.2 Å². The Morgan fingerprint density at radius 2 is 1.95 bits per heavy atom. The molecule has 0 heterocycles. The molecule has 0 saturated heterocycles. The van der Waals surface area contributed by atoms with Gasteiger partial charge < -0.3 is 9.84 Å². The van der Waals surface area contributed by atoms with E-state index in [0.29, 0.717) is 5.41 Å². The highest BCUT2D eigenvalue weighted by atomic mass is 16.5. The highest BCUT2D eigenvalue weighted by molar-refractivity contribution is 5.33. The molecule has 124 valence electrons. The number of allylic oxidation sites excluding steroid dienone is 1. The van der Waals surface area contributed by atoms with Gasteiger partial charge in [0.25, 0.3) is 0 Å². The average molecular weight is 304 g/mol. The SMILES string of the molecule is COC[C@@H]1CC[C@H]2[C@@H]3CC[C@@]4(O)CCCCC4=C3CC[C@]12C. The normalized spacial score (nSPS) is 47.9. The third-order valence-electron chi connectivity index (χ3n) is 7.93. The quantitative estimate of drug-likeness (QED) is 0.763. The summed E-state index contributed by atoms with van der Waals surface area (Å²) in [6, 6.07) is 0. The second-order valence-corrected chi connectivity index (χ2v) is 8.73. The summed E-state index contributed by atoms with van der Waals surface area (Å²) < 4.78 is 5.53. The van der Waals surface area contributed by atoms with E-state index in [-0.39, 0.29) is 0 Å². The largest absolute Gasteiger partial charge is 0.386 e. The Bertz CT molecular complexity index is 482. The Labute approximate surface area is 135 Å². The summed E-state index contributed by atoms with van der Waals surface area (Å²) in [5.41, 5.74) is 3.26. The Morgan fingerprint density at radius 1 is 1.09 bits per heavy atom. The molecule has 22 heavy (non-hydrogen) atoms. The molecule has 1 N–H and O–H groups in total. The molecule has 3 fully saturated rings. The fourth-order valence-corrected chi connectivity index (χ4v) is 6.68. The van der Waals surface area contributed by atoms with Crippen LogP contribution in [-0.2, 0) is 4.74 Å². The van der Waals surface area contributed by atoms with Gasteiger partial charge in [0.1, 0.15) is 0 Å². The van der Waals surface area contributed by atoms with Crippen molar-refractivity contribution in [2.75, 3.05) is 13.7 Å². The lowest BCUT2D eigenvalue weighted by Crippen LogP contribution is -2.46. The van der Waals surface area contributed by atoms with Gasteiger partial charge in [-0.15, -0.1) is 0 Å². The van der Waals surface area contributed by atoms with E-state index in [2.05, 4.69) is 6.92 Å². The highest BCUT2D eigenvalue weighted by Gasteiger charge is 2.55. The molecule has 0 aromatic heterocycles. The first-order chi connectivity index (χ1) is 10.6. The molecule has 2 heteroatoms. The van der Waals surface area contributed by atoms with Crippen LogP contribution in [0.3, 0.4) is 0 Å². The molecule has 4 aliphatic carbocycles. The second kappa shape index (κ2) is 5.34. The van der Waals surface area contributed by atoms with Gasteiger partial charge in [-0.1, -0.05) is 12.5 Å². The molecular formula is C20H32O2. The average Bonchev–Trinajstić information content (AvgIpc) is 2.84. The lowest BCUT2D eigenvalue weighted by molar-refractivity contribution is -0.00786. The number of aliphatic hydroxyl groups is 1. The summed E-state index contributed by atoms with van der Waals surface area (Å²) >= 11 is 0. The zero-order valence-electron chi connectivity index (χ0n) is 14.4. The van der Waals surface area contributed by atoms with Crippen molar-refractivity contribution in [2.45, 2.75) is 76.7 Å². The maximum Gasteiger partial charge on any atom is 0.0859 e. The topological polar surface area (TPSA) is 29.5 Å². The monoisotopic (exact) mass is 304 g/mol. The fourth-order valence-electron chi connectivity index (χ4n) is 6.68. The van der Waals surface area contributed by atoms with Crippen molar-refractivity contribution >= 4 is 0 Å². The van der Waals surface area contributed by atoms with Crippen LogP contribution in [0.5, 0.6) is 0 Å². The van der Waals surface area contributed by atoms with Crippen molar-refractivity contribution in [1.29, 1.82) is 0 Å². The summed E-state index contributed by atoms with van der Waals surface area (Å²) in [7, 11) is 1.86. The van der Waals surface area contributed by atoms with Crippen molar-refractivity contribution in [3.63, 3.8) is 0 Å². The zero-order valence-corrected chi connectivity index (χ0v) is 14.4. The Kier molecular flexibility index (Phi) is 3.69. The maximum absolute atomic E-state index is 11.1. The Hall–Kier alpha value is -0.340. The predicted octanol–water partition coefficient (Wildman–Crippen LogP) is 4.47. The van der Waals surface area contributed by atoms with E-state index in [4.69, 9.17) is 4.74 Å². The van der Waals surface area contributed by atoms with Gasteiger partial charge in [-0.05, 0) is 93.0 Å². The molecule has 2 nitrogen and oxygen atoms in total. The highest BCUT2D eigenvalue weighted by Crippen LogP contribution is 2.62. The number of methoxy groups -OCH3 is 1. The van der Waals surface area contributed by atoms with E-state index in [1.165, 1.54) is 56.9 Å². The fraction of sp³-hybridized carbons (Fsp3) is 0.900. The smallest absolute Gasteiger partial charge is 0.0859 e. The summed E-state index contributed by atoms with van der Waals surface area (Å²) in [5.74, 6) is 2.37. The molecule has 3 saturated carbocycles. The summed E-state index contributed by atoms with van der Waals surface area (Å²) in [4.78, 5) is 0. The van der Waals surface area contributed by atoms with Crippen molar-refractivity contribution in [3.05, 3.63) is 11.1 Å². The minimum atomic E-state index is -0.414. The summed E-state index contributed by atoms with van der Waals surface area (Å²) in [6.07, 6.45) is 12.2. The third-order valence-corrected chi connectivity index (χ3v) is 7.93. The first-order valence-electron chi connectivity index (χ1n) is 9.52. The molecule has 0 aliphatic heterocycles. The standard InChI is InChI=1S/C20H32O2/c1-19-11-8-16-15(17(19)7-6-14(19)13-22-2)9-12-20(21)10-4-3-5-18(16)20/h14-15,17,21H,3-13H2,1-2H3/t14-,15+,17-,19+,20-/m0/s1. The van der Waals surface area contributed by atoms with Gasteiger partial charge in [-0.3, -0.25) is 0 Å². The molecular weight excluding hydrogens is 272 g/mol. The predicted molar refractivity (Wildman–Crippen MR) is 88.6 cm³/mol. The van der Waals surface area contributed by atoms with Gasteiger partial charge in [0.2, 0.25) is 0 Å². The van der Waals surface area contributed by atoms with Crippen LogP contribution < -0.4 is 0 Å². The van der Waals surface area contributed by atoms with Gasteiger partial charge in [0.15, 0.2) is 0 Å². The molecule has 4 rings (SSSR count). The molecule has 5 atom stereocenters. The summed E-state index contributed by atoms with van der Waals surface area (Å²) in [6.45, 7) is 3.48. The third kappa shape index (κ3) is 2.06. The lowest BCUT2D eigenvalue weighted by Gasteiger charge is -2.52. The number of hydrogen-bond donors (Lipinski definition) is 1. The van der Waals surface area contributed by atoms with Crippen LogP contribution in [0, 0.1) is 23.2 Å². The molecule has 0 radical (unpaired) electrons. The van der Waals surface area contributed by atoms with Gasteiger partial charge in [0.05, 0.1) is 5.60 Å². The van der Waals surface area contributed by atoms with Crippen LogP contribution in [0.15, 0.2) is 11.1 Å². The van der Waals surface area contributed by atoms with E-state index >= 15 is 0 Å². The second-order valence-electron chi connectivity index (χ2n) is 8.73. The van der Waals surface area contributed by atoms with Crippen LogP contribution in [0.2, 0.25) is 0 Å². The van der Waals surface area contributed by atoms with Crippen LogP contribution in [0.1, 0.15) is 71.1 Å². The van der Waals surface area contributed by atoms with Gasteiger partial charge in [-0.25, -0.2) is 0 Å². The van der Waals surface area contributed by atoms with E-state index in [1.54, 1.807) is 5.57 Å². The van der Waals surface area contributed by atoms with Crippen LogP contribution in [0.25, 0.3) is 0 Å². The van der Waals surface area contributed by atoms with Crippen molar-refractivity contribution in [1.82, 2.24) is 0 Å². The Morgan fingerprint density at radius 3 is 2.77 bits per heavy atom. The first-order valence-corrected chi connectivity index (χ1v) is 9.52. The van der Waals surface area contributed by atoms with E-state index in [1.807, 2.05) is 7.11 Å². The van der Waals surface area contributed by atoms with Gasteiger partial charge in [0, 0.05) is 13.7 Å². The molecule has 0 spiro atoms. The number of ether oxygens (including phenoxy) is 1. The Balaban J connectivity index is 1.66. The molecule has 0 amide bonds. The zero-order chi connectivity index (χ0) is 15.4. The molecule has 0 unspecified atom stereocenters. The molecule has 0 aromatic carbocycles. The molecule has 0 bridgehead atoms. The van der Waals surface area contributed by atoms with Gasteiger partial charge >= 0.3 is 0 Å². The van der Waals surface area contributed by atoms with E-state index < -0.39 is 5.60 Å². The van der Waals surface area contributed by atoms with Crippen LogP contribution in [-0.4, -0.2) is 24.4 Å². The van der Waals surface area contributed by atoms with Crippen molar-refractivity contribution in [3.8, 4) is 0 Å². The minimum Gasteiger partial charge on any atom is -0.386 e.